The quantitative estimate of drug-likeness (QED) is 0.593. The summed E-state index contributed by atoms with van der Waals surface area (Å²) in [6.45, 7) is 9.91. The lowest BCUT2D eigenvalue weighted by Crippen LogP contribution is -2.53. The minimum atomic E-state index is -1.39. The highest BCUT2D eigenvalue weighted by Crippen LogP contribution is 2.27. The van der Waals surface area contributed by atoms with E-state index in [-0.39, 0.29) is 6.04 Å². The fraction of sp³-hybridized carbons (Fsp3) is 0.440. The summed E-state index contributed by atoms with van der Waals surface area (Å²) < 4.78 is 0. The van der Waals surface area contributed by atoms with Gasteiger partial charge in [-0.2, -0.15) is 5.10 Å². The first-order valence-electron chi connectivity index (χ1n) is 11.3. The van der Waals surface area contributed by atoms with E-state index in [0.29, 0.717) is 5.69 Å². The van der Waals surface area contributed by atoms with E-state index >= 15 is 0 Å². The number of nitrogens with zero attached hydrogens (tertiary/aromatic N) is 6. The minimum Gasteiger partial charge on any atom is -0.393 e. The molecule has 33 heavy (non-hydrogen) atoms. The third-order valence-corrected chi connectivity index (χ3v) is 6.53. The van der Waals surface area contributed by atoms with E-state index in [4.69, 9.17) is 0 Å². The Balaban J connectivity index is 1.47. The van der Waals surface area contributed by atoms with Crippen LogP contribution in [0.15, 0.2) is 42.7 Å². The van der Waals surface area contributed by atoms with Crippen LogP contribution in [0.5, 0.6) is 0 Å². The Kier molecular flexibility index (Phi) is 6.58. The van der Waals surface area contributed by atoms with Crippen molar-refractivity contribution in [2.24, 2.45) is 0 Å². The maximum Gasteiger partial charge on any atom is 0.154 e. The Morgan fingerprint density at radius 1 is 1.03 bits per heavy atom. The van der Waals surface area contributed by atoms with Crippen molar-refractivity contribution in [1.29, 1.82) is 0 Å². The van der Waals surface area contributed by atoms with Gasteiger partial charge in [0.25, 0.3) is 0 Å². The van der Waals surface area contributed by atoms with Crippen molar-refractivity contribution in [3.05, 3.63) is 70.8 Å². The van der Waals surface area contributed by atoms with E-state index in [1.165, 1.54) is 29.8 Å². The summed E-state index contributed by atoms with van der Waals surface area (Å²) in [5, 5.41) is 28.7. The molecule has 8 heteroatoms. The average Bonchev–Trinajstić information content (AvgIpc) is 2.83. The summed E-state index contributed by atoms with van der Waals surface area (Å²) in [4.78, 5) is 13.3. The number of hydrogen-bond acceptors (Lipinski definition) is 8. The number of hydrogen-bond donors (Lipinski definition) is 2. The van der Waals surface area contributed by atoms with Gasteiger partial charge in [-0.25, -0.2) is 4.98 Å². The first-order chi connectivity index (χ1) is 15.8. The molecule has 1 unspecified atom stereocenters. The summed E-state index contributed by atoms with van der Waals surface area (Å²) in [6.07, 6.45) is 3.98. The predicted octanol–water partition coefficient (Wildman–Crippen LogP) is 2.39. The Hall–Kier alpha value is -3.10. The molecule has 4 rings (SSSR count). The Bertz CT molecular complexity index is 1090. The molecule has 174 valence electrons. The monoisotopic (exact) mass is 448 g/mol. The smallest absolute Gasteiger partial charge is 0.154 e. The number of rotatable bonds is 6. The van der Waals surface area contributed by atoms with E-state index < -0.39 is 12.2 Å². The molecule has 1 fully saturated rings. The van der Waals surface area contributed by atoms with Crippen LogP contribution in [-0.2, 0) is 12.0 Å². The lowest BCUT2D eigenvalue weighted by atomic mass is 10.0. The zero-order valence-corrected chi connectivity index (χ0v) is 19.7. The molecule has 2 N–H and O–H groups in total. The molecule has 3 heterocycles. The SMILES string of the molecule is Cc1c(Cc2ccccc2)nnc(N2CCN(c3cnc(C(C)(O)CO)cn3)[C@H](C)C2)c1C. The number of aliphatic hydroxyl groups excluding tert-OH is 1. The molecular weight excluding hydrogens is 416 g/mol. The van der Waals surface area contributed by atoms with Gasteiger partial charge >= 0.3 is 0 Å². The van der Waals surface area contributed by atoms with Crippen molar-refractivity contribution in [2.75, 3.05) is 36.0 Å². The van der Waals surface area contributed by atoms with E-state index in [9.17, 15) is 10.2 Å². The van der Waals surface area contributed by atoms with Gasteiger partial charge in [0, 0.05) is 32.1 Å². The van der Waals surface area contributed by atoms with Gasteiger partial charge in [0.05, 0.1) is 30.4 Å². The Morgan fingerprint density at radius 3 is 2.42 bits per heavy atom. The van der Waals surface area contributed by atoms with Crippen molar-refractivity contribution in [2.45, 2.75) is 45.8 Å². The molecule has 0 amide bonds. The van der Waals surface area contributed by atoms with Crippen LogP contribution < -0.4 is 9.80 Å². The van der Waals surface area contributed by atoms with Gasteiger partial charge in [-0.05, 0) is 44.4 Å². The second-order valence-electron chi connectivity index (χ2n) is 9.06. The molecule has 0 radical (unpaired) electrons. The highest BCUT2D eigenvalue weighted by atomic mass is 16.3. The van der Waals surface area contributed by atoms with Gasteiger partial charge in [-0.1, -0.05) is 30.3 Å². The molecule has 1 aromatic carbocycles. The lowest BCUT2D eigenvalue weighted by molar-refractivity contribution is -0.00614. The zero-order chi connectivity index (χ0) is 23.6. The van der Waals surface area contributed by atoms with Crippen LogP contribution in [0.2, 0.25) is 0 Å². The molecule has 1 saturated heterocycles. The molecule has 1 aliphatic heterocycles. The van der Waals surface area contributed by atoms with Crippen LogP contribution in [0.25, 0.3) is 0 Å². The maximum absolute atomic E-state index is 10.2. The topological polar surface area (TPSA) is 98.5 Å². The van der Waals surface area contributed by atoms with Gasteiger partial charge < -0.3 is 20.0 Å². The number of piperazine rings is 1. The lowest BCUT2D eigenvalue weighted by Gasteiger charge is -2.41. The van der Waals surface area contributed by atoms with Crippen LogP contribution in [0.1, 0.15) is 41.9 Å². The predicted molar refractivity (Wildman–Crippen MR) is 128 cm³/mol. The second-order valence-corrected chi connectivity index (χ2v) is 9.06. The first-order valence-corrected chi connectivity index (χ1v) is 11.3. The van der Waals surface area contributed by atoms with Crippen molar-refractivity contribution in [1.82, 2.24) is 20.2 Å². The highest BCUT2D eigenvalue weighted by Gasteiger charge is 2.29. The van der Waals surface area contributed by atoms with Crippen molar-refractivity contribution < 1.29 is 10.2 Å². The average molecular weight is 449 g/mol. The van der Waals surface area contributed by atoms with Crippen LogP contribution in [0.4, 0.5) is 11.6 Å². The fourth-order valence-corrected chi connectivity index (χ4v) is 4.22. The van der Waals surface area contributed by atoms with E-state index in [2.05, 4.69) is 62.9 Å². The molecule has 3 aromatic rings. The van der Waals surface area contributed by atoms with Gasteiger partial charge in [-0.15, -0.1) is 5.10 Å². The first kappa shape index (κ1) is 23.1. The number of aliphatic hydroxyl groups is 2. The summed E-state index contributed by atoms with van der Waals surface area (Å²) >= 11 is 0. The number of anilines is 2. The van der Waals surface area contributed by atoms with Crippen LogP contribution in [-0.4, -0.2) is 62.7 Å². The zero-order valence-electron chi connectivity index (χ0n) is 19.7. The van der Waals surface area contributed by atoms with Crippen molar-refractivity contribution in [3.8, 4) is 0 Å². The van der Waals surface area contributed by atoms with E-state index in [0.717, 1.165) is 43.4 Å². The largest absolute Gasteiger partial charge is 0.393 e. The van der Waals surface area contributed by atoms with Gasteiger partial charge in [0.15, 0.2) is 5.82 Å². The molecule has 0 saturated carbocycles. The van der Waals surface area contributed by atoms with Crippen LogP contribution in [0, 0.1) is 13.8 Å². The Morgan fingerprint density at radius 2 is 1.79 bits per heavy atom. The van der Waals surface area contributed by atoms with Crippen LogP contribution in [0.3, 0.4) is 0 Å². The minimum absolute atomic E-state index is 0.197. The standard InChI is InChI=1S/C25H32N6O2/c1-17-15-30(10-11-31(17)23-14-26-22(13-27-23)25(4,33)16-32)24-19(3)18(2)21(28-29-24)12-20-8-6-5-7-9-20/h5-9,13-14,17,32-33H,10-12,15-16H2,1-4H3/t17-,25?/m1/s1. The molecule has 1 aliphatic rings. The van der Waals surface area contributed by atoms with Crippen molar-refractivity contribution in [3.63, 3.8) is 0 Å². The third-order valence-electron chi connectivity index (χ3n) is 6.53. The summed E-state index contributed by atoms with van der Waals surface area (Å²) in [5.74, 6) is 1.70. The normalized spacial score (nSPS) is 18.3. The number of benzene rings is 1. The maximum atomic E-state index is 10.2. The summed E-state index contributed by atoms with van der Waals surface area (Å²) in [7, 11) is 0. The van der Waals surface area contributed by atoms with Crippen LogP contribution >= 0.6 is 0 Å². The second kappa shape index (κ2) is 9.41. The highest BCUT2D eigenvalue weighted by molar-refractivity contribution is 5.53. The summed E-state index contributed by atoms with van der Waals surface area (Å²) in [6, 6.07) is 10.6. The molecule has 8 nitrogen and oxygen atoms in total. The van der Waals surface area contributed by atoms with Gasteiger partial charge in [-0.3, -0.25) is 4.98 Å². The van der Waals surface area contributed by atoms with E-state index in [1.807, 2.05) is 18.2 Å². The molecule has 0 bridgehead atoms. The molecule has 2 aromatic heterocycles. The van der Waals surface area contributed by atoms with Gasteiger partial charge in [0.1, 0.15) is 11.4 Å². The number of aromatic nitrogens is 4. The summed E-state index contributed by atoms with van der Waals surface area (Å²) in [5.41, 5.74) is 3.58. The van der Waals surface area contributed by atoms with Crippen molar-refractivity contribution >= 4 is 11.6 Å². The molecule has 2 atom stereocenters. The van der Waals surface area contributed by atoms with Gasteiger partial charge in [0.2, 0.25) is 0 Å². The molecule has 0 spiro atoms. The molecular formula is C25H32N6O2. The van der Waals surface area contributed by atoms with E-state index in [1.54, 1.807) is 6.20 Å². The molecule has 0 aliphatic carbocycles. The Labute approximate surface area is 195 Å². The fourth-order valence-electron chi connectivity index (χ4n) is 4.22. The third kappa shape index (κ3) is 4.82.